The molecule has 3 aromatic carbocycles. The van der Waals surface area contributed by atoms with Crippen molar-refractivity contribution in [2.24, 2.45) is 0 Å². The van der Waals surface area contributed by atoms with Crippen LogP contribution in [0.5, 0.6) is 11.5 Å². The summed E-state index contributed by atoms with van der Waals surface area (Å²) in [7, 11) is 7.15. The Labute approximate surface area is 404 Å². The van der Waals surface area contributed by atoms with E-state index in [2.05, 4.69) is 9.97 Å². The van der Waals surface area contributed by atoms with Crippen LogP contribution in [0, 0.1) is 11.6 Å². The van der Waals surface area contributed by atoms with Crippen molar-refractivity contribution in [3.05, 3.63) is 164 Å². The minimum Gasteiger partial charge on any atom is -0.501 e. The van der Waals surface area contributed by atoms with Crippen molar-refractivity contribution in [2.45, 2.75) is 32.3 Å². The first-order valence-electron chi connectivity index (χ1n) is 22.4. The number of aryl methyl sites for hydroxylation is 2. The fourth-order valence-electron chi connectivity index (χ4n) is 7.80. The van der Waals surface area contributed by atoms with E-state index in [0.717, 1.165) is 21.1 Å². The third-order valence-electron chi connectivity index (χ3n) is 11.7. The molecule has 2 amide bonds. The quantitative estimate of drug-likeness (QED) is 0.108. The first-order valence-corrected chi connectivity index (χ1v) is 22.4. The van der Waals surface area contributed by atoms with Gasteiger partial charge in [0.05, 0.1) is 35.8 Å². The third-order valence-corrected chi connectivity index (χ3v) is 11.7. The Morgan fingerprint density at radius 2 is 1.08 bits per heavy atom. The lowest BCUT2D eigenvalue weighted by atomic mass is 10.1. The summed E-state index contributed by atoms with van der Waals surface area (Å²) in [6.07, 6.45) is 2.50. The minimum atomic E-state index is -0.822. The van der Waals surface area contributed by atoms with Gasteiger partial charge in [-0.1, -0.05) is 54.6 Å². The summed E-state index contributed by atoms with van der Waals surface area (Å²) < 4.78 is 44.9. The number of cyclic esters (lactones) is 2. The van der Waals surface area contributed by atoms with Crippen LogP contribution in [-0.4, -0.2) is 102 Å². The Balaban J connectivity index is 0.000000194. The molecule has 4 aromatic heterocycles. The molecule has 2 aliphatic rings. The molecule has 9 rings (SSSR count). The highest BCUT2D eigenvalue weighted by Gasteiger charge is 2.31. The van der Waals surface area contributed by atoms with Crippen molar-refractivity contribution in [2.75, 3.05) is 74.1 Å². The lowest BCUT2D eigenvalue weighted by Crippen LogP contribution is -2.29. The number of ether oxygens (including phenoxy) is 3. The van der Waals surface area contributed by atoms with E-state index in [1.165, 1.54) is 44.7 Å². The molecule has 0 radical (unpaired) electrons. The molecule has 7 aromatic rings. The average Bonchev–Trinajstić information content (AvgIpc) is 4.01. The van der Waals surface area contributed by atoms with E-state index in [9.17, 15) is 42.7 Å². The first kappa shape index (κ1) is 48.8. The summed E-state index contributed by atoms with van der Waals surface area (Å²) in [5.41, 5.74) is 2.50. The highest BCUT2D eigenvalue weighted by Crippen LogP contribution is 2.31. The number of hydrogen-bond donors (Lipinski definition) is 1. The van der Waals surface area contributed by atoms with Gasteiger partial charge in [0.25, 0.3) is 0 Å². The molecule has 6 heterocycles. The van der Waals surface area contributed by atoms with Crippen LogP contribution in [0.1, 0.15) is 50.5 Å². The van der Waals surface area contributed by atoms with Crippen LogP contribution in [0.25, 0.3) is 11.3 Å². The van der Waals surface area contributed by atoms with Gasteiger partial charge >= 0.3 is 23.3 Å². The van der Waals surface area contributed by atoms with E-state index in [1.54, 1.807) is 66.5 Å². The molecule has 1 N–H and O–H groups in total. The van der Waals surface area contributed by atoms with Gasteiger partial charge in [0, 0.05) is 53.4 Å². The van der Waals surface area contributed by atoms with Gasteiger partial charge in [-0.2, -0.15) is 0 Å². The molecular weight excluding hydrogens is 923 g/mol. The number of aromatic hydroxyl groups is 1. The van der Waals surface area contributed by atoms with E-state index >= 15 is 0 Å². The maximum atomic E-state index is 13.9. The summed E-state index contributed by atoms with van der Waals surface area (Å²) in [4.78, 5) is 92.9. The second-order valence-corrected chi connectivity index (χ2v) is 17.0. The lowest BCUT2D eigenvalue weighted by Gasteiger charge is -2.21. The van der Waals surface area contributed by atoms with Gasteiger partial charge < -0.3 is 29.1 Å². The van der Waals surface area contributed by atoms with Gasteiger partial charge in [-0.05, 0) is 65.9 Å². The van der Waals surface area contributed by atoms with Crippen LogP contribution in [0.3, 0.4) is 0 Å². The Morgan fingerprint density at radius 3 is 1.54 bits per heavy atom. The maximum Gasteiger partial charge on any atom is 0.414 e. The van der Waals surface area contributed by atoms with Crippen LogP contribution in [-0.2, 0) is 28.9 Å². The third kappa shape index (κ3) is 10.7. The number of anilines is 4. The average molecular weight is 971 g/mol. The van der Waals surface area contributed by atoms with Gasteiger partial charge in [0.15, 0.2) is 34.2 Å². The van der Waals surface area contributed by atoms with Crippen molar-refractivity contribution in [3.63, 3.8) is 0 Å². The SMILES string of the molecule is CN(C)c1cc(N2CCOC2=O)c2nc(C(=O)CCc3ccc(F)cc3)c(O)c(=O)n2c1.CN(C)c1cc(N2CCOC2=O)c2nc(C(=O)CCc3ccc(F)cc3)c(OCc3ccccc3)c(=O)n2c1. The topological polar surface area (TPSA) is 198 Å². The van der Waals surface area contributed by atoms with E-state index in [1.807, 2.05) is 44.4 Å². The van der Waals surface area contributed by atoms with Gasteiger partial charge in [0.2, 0.25) is 11.5 Å². The minimum absolute atomic E-state index is 0.0206. The van der Waals surface area contributed by atoms with Gasteiger partial charge in [-0.25, -0.2) is 28.3 Å². The maximum absolute atomic E-state index is 13.9. The zero-order valence-corrected chi connectivity index (χ0v) is 39.1. The number of pyridine rings is 2. The number of amides is 2. The number of benzene rings is 3. The summed E-state index contributed by atoms with van der Waals surface area (Å²) in [6, 6.07) is 24.3. The molecule has 0 unspecified atom stereocenters. The standard InChI is InChI=1S/C29H27FN4O5.C22H21FN4O5/c1-32(2)22-16-23(33-14-15-38-29(33)37)27-31-25(24(35)13-10-19-8-11-21(30)12-9-19)26(28(36)34(27)17-22)39-18-20-6-4-3-5-7-20;1-25(2)15-11-16(26-9-10-32-22(26)31)20-24-18(19(29)21(30)27(20)12-15)17(28)8-5-13-3-6-14(23)7-4-13/h3-9,11-12,16-17H,10,13-15,18H2,1-2H3;3-4,6-7,11-12,29H,5,8-10H2,1-2H3. The van der Waals surface area contributed by atoms with Crippen LogP contribution in [0.15, 0.2) is 113 Å². The number of halogens is 2. The molecule has 0 atom stereocenters. The Kier molecular flexibility index (Phi) is 14.4. The molecule has 0 bridgehead atoms. The molecule has 2 saturated heterocycles. The highest BCUT2D eigenvalue weighted by molar-refractivity contribution is 6.00. The molecule has 2 aliphatic heterocycles. The summed E-state index contributed by atoms with van der Waals surface area (Å²) in [5, 5.41) is 10.5. The summed E-state index contributed by atoms with van der Waals surface area (Å²) >= 11 is 0. The van der Waals surface area contributed by atoms with Gasteiger partial charge in [-0.15, -0.1) is 0 Å². The molecule has 18 nitrogen and oxygen atoms in total. The molecule has 0 saturated carbocycles. The van der Waals surface area contributed by atoms with E-state index < -0.39 is 40.6 Å². The van der Waals surface area contributed by atoms with E-state index in [0.29, 0.717) is 29.2 Å². The first-order chi connectivity index (χ1) is 34.1. The number of nitrogens with zero attached hydrogens (tertiary/aromatic N) is 8. The molecule has 20 heteroatoms. The molecule has 71 heavy (non-hydrogen) atoms. The number of rotatable bonds is 15. The number of aromatic nitrogens is 4. The number of carbonyl (C=O) groups excluding carboxylic acids is 4. The van der Waals surface area contributed by atoms with Gasteiger partial charge in [0.1, 0.15) is 31.5 Å². The van der Waals surface area contributed by atoms with E-state index in [4.69, 9.17) is 14.2 Å². The monoisotopic (exact) mass is 970 g/mol. The number of ketones is 2. The highest BCUT2D eigenvalue weighted by atomic mass is 19.1. The normalized spacial score (nSPS) is 13.2. The van der Waals surface area contributed by atoms with Crippen LogP contribution in [0.4, 0.5) is 41.1 Å². The molecule has 366 valence electrons. The molecular formula is C51H48F2N8O10. The van der Waals surface area contributed by atoms with Crippen LogP contribution < -0.4 is 35.5 Å². The Morgan fingerprint density at radius 1 is 0.634 bits per heavy atom. The largest absolute Gasteiger partial charge is 0.501 e. The Bertz CT molecular complexity index is 3290. The van der Waals surface area contributed by atoms with Crippen molar-refractivity contribution in [1.29, 1.82) is 0 Å². The fourth-order valence-corrected chi connectivity index (χ4v) is 7.80. The summed E-state index contributed by atoms with van der Waals surface area (Å²) in [6.45, 7) is 0.976. The number of hydrogen-bond acceptors (Lipinski definition) is 14. The Hall–Kier alpha value is -8.68. The number of Topliss-reactive ketones (excluding diaryl/α,β-unsaturated/α-hetero) is 2. The van der Waals surface area contributed by atoms with E-state index in [-0.39, 0.29) is 92.2 Å². The number of carbonyl (C=O) groups is 4. The van der Waals surface area contributed by atoms with Crippen molar-refractivity contribution >= 4 is 57.8 Å². The predicted molar refractivity (Wildman–Crippen MR) is 260 cm³/mol. The number of fused-ring (bicyclic) bond motifs is 2. The van der Waals surface area contributed by atoms with Crippen molar-refractivity contribution in [3.8, 4) is 11.5 Å². The van der Waals surface area contributed by atoms with Crippen LogP contribution >= 0.6 is 0 Å². The zero-order chi connectivity index (χ0) is 50.5. The molecule has 2 fully saturated rings. The van der Waals surface area contributed by atoms with Crippen LogP contribution in [0.2, 0.25) is 0 Å². The second-order valence-electron chi connectivity index (χ2n) is 17.0. The predicted octanol–water partition coefficient (Wildman–Crippen LogP) is 6.63. The lowest BCUT2D eigenvalue weighted by molar-refractivity contribution is 0.0965. The van der Waals surface area contributed by atoms with Crippen molar-refractivity contribution < 1.29 is 47.3 Å². The second kappa shape index (κ2) is 20.9. The van der Waals surface area contributed by atoms with Gasteiger partial charge in [-0.3, -0.25) is 37.8 Å². The zero-order valence-electron chi connectivity index (χ0n) is 39.1. The molecule has 0 aliphatic carbocycles. The fraction of sp³-hybridized carbons (Fsp3) is 0.255. The summed E-state index contributed by atoms with van der Waals surface area (Å²) in [5.74, 6) is -2.64. The smallest absolute Gasteiger partial charge is 0.414 e. The molecule has 0 spiro atoms. The van der Waals surface area contributed by atoms with Crippen molar-refractivity contribution in [1.82, 2.24) is 18.8 Å².